The van der Waals surface area contributed by atoms with Gasteiger partial charge in [-0.2, -0.15) is 0 Å². The van der Waals surface area contributed by atoms with E-state index in [0.29, 0.717) is 26.2 Å². The second-order valence-corrected chi connectivity index (χ2v) is 4.55. The average Bonchev–Trinajstić information content (AvgIpc) is 2.48. The van der Waals surface area contributed by atoms with Gasteiger partial charge in [-0.3, -0.25) is 9.69 Å². The number of ether oxygens (including phenoxy) is 2. The van der Waals surface area contributed by atoms with Crippen LogP contribution in [0.4, 0.5) is 0 Å². The summed E-state index contributed by atoms with van der Waals surface area (Å²) in [6, 6.07) is 7.72. The van der Waals surface area contributed by atoms with Gasteiger partial charge in [-0.15, -0.1) is 0 Å². The summed E-state index contributed by atoms with van der Waals surface area (Å²) in [7, 11) is 1.40. The van der Waals surface area contributed by atoms with Crippen LogP contribution >= 0.6 is 0 Å². The monoisotopic (exact) mass is 280 g/mol. The highest BCUT2D eigenvalue weighted by molar-refractivity contribution is 5.71. The number of hydrogen-bond donors (Lipinski definition) is 1. The van der Waals surface area contributed by atoms with Gasteiger partial charge in [-0.1, -0.05) is 19.1 Å². The zero-order valence-electron chi connectivity index (χ0n) is 12.3. The van der Waals surface area contributed by atoms with E-state index >= 15 is 0 Å². The summed E-state index contributed by atoms with van der Waals surface area (Å²) in [6.07, 6.45) is 0.988. The number of rotatable bonds is 9. The van der Waals surface area contributed by atoms with Crippen LogP contribution in [0.25, 0.3) is 0 Å². The molecule has 0 aromatic heterocycles. The Hall–Kier alpha value is -1.59. The Kier molecular flexibility index (Phi) is 7.69. The number of nitrogens with two attached hydrogens (primary N) is 1. The fourth-order valence-corrected chi connectivity index (χ4v) is 1.85. The van der Waals surface area contributed by atoms with Gasteiger partial charge >= 0.3 is 5.97 Å². The number of methoxy groups -OCH3 is 1. The summed E-state index contributed by atoms with van der Waals surface area (Å²) in [4.78, 5) is 13.3. The van der Waals surface area contributed by atoms with E-state index in [1.165, 1.54) is 7.11 Å². The predicted molar refractivity (Wildman–Crippen MR) is 78.6 cm³/mol. The van der Waals surface area contributed by atoms with Gasteiger partial charge in [0.25, 0.3) is 0 Å². The lowest BCUT2D eigenvalue weighted by molar-refractivity contribution is -0.142. The highest BCUT2D eigenvalue weighted by atomic mass is 16.5. The largest absolute Gasteiger partial charge is 0.492 e. The minimum Gasteiger partial charge on any atom is -0.492 e. The van der Waals surface area contributed by atoms with Gasteiger partial charge < -0.3 is 15.2 Å². The summed E-state index contributed by atoms with van der Waals surface area (Å²) in [5.74, 6) is 0.600. The van der Waals surface area contributed by atoms with Crippen molar-refractivity contribution in [3.8, 4) is 5.75 Å². The van der Waals surface area contributed by atoms with Crippen LogP contribution in [-0.2, 0) is 16.1 Å². The van der Waals surface area contributed by atoms with Crippen LogP contribution in [0.1, 0.15) is 18.9 Å². The maximum atomic E-state index is 11.3. The van der Waals surface area contributed by atoms with Crippen molar-refractivity contribution in [3.63, 3.8) is 0 Å². The van der Waals surface area contributed by atoms with E-state index < -0.39 is 0 Å². The Balaban J connectivity index is 2.36. The van der Waals surface area contributed by atoms with E-state index in [1.54, 1.807) is 0 Å². The third-order valence-corrected chi connectivity index (χ3v) is 2.96. The van der Waals surface area contributed by atoms with Gasteiger partial charge in [0.1, 0.15) is 12.4 Å². The first kappa shape index (κ1) is 16.5. The molecule has 0 unspecified atom stereocenters. The first-order chi connectivity index (χ1) is 9.69. The van der Waals surface area contributed by atoms with Crippen LogP contribution in [0.15, 0.2) is 24.3 Å². The Labute approximate surface area is 120 Å². The Morgan fingerprint density at radius 1 is 1.25 bits per heavy atom. The van der Waals surface area contributed by atoms with Crippen molar-refractivity contribution in [2.24, 2.45) is 5.73 Å². The van der Waals surface area contributed by atoms with E-state index in [1.807, 2.05) is 29.2 Å². The molecule has 0 saturated carbocycles. The van der Waals surface area contributed by atoms with Gasteiger partial charge in [-0.25, -0.2) is 0 Å². The predicted octanol–water partition coefficient (Wildman–Crippen LogP) is 1.41. The Morgan fingerprint density at radius 2 is 1.95 bits per heavy atom. The smallest absolute Gasteiger partial charge is 0.319 e. The fraction of sp³-hybridized carbons (Fsp3) is 0.533. The molecule has 0 atom stereocenters. The highest BCUT2D eigenvalue weighted by Gasteiger charge is 2.09. The van der Waals surface area contributed by atoms with Gasteiger partial charge in [0, 0.05) is 13.1 Å². The summed E-state index contributed by atoms with van der Waals surface area (Å²) in [5, 5.41) is 0. The van der Waals surface area contributed by atoms with Crippen LogP contribution in [0.2, 0.25) is 0 Å². The third kappa shape index (κ3) is 6.04. The maximum absolute atomic E-state index is 11.3. The van der Waals surface area contributed by atoms with Crippen molar-refractivity contribution in [2.45, 2.75) is 19.9 Å². The summed E-state index contributed by atoms with van der Waals surface area (Å²) < 4.78 is 10.3. The van der Waals surface area contributed by atoms with Crippen molar-refractivity contribution >= 4 is 5.97 Å². The molecule has 0 aliphatic carbocycles. The summed E-state index contributed by atoms with van der Waals surface area (Å²) >= 11 is 0. The molecule has 1 aromatic carbocycles. The van der Waals surface area contributed by atoms with Crippen LogP contribution < -0.4 is 10.5 Å². The van der Waals surface area contributed by atoms with E-state index in [4.69, 9.17) is 10.5 Å². The normalized spacial score (nSPS) is 10.6. The number of nitrogens with zero attached hydrogens (tertiary/aromatic N) is 1. The van der Waals surface area contributed by atoms with Gasteiger partial charge in [0.2, 0.25) is 0 Å². The lowest BCUT2D eigenvalue weighted by atomic mass is 10.2. The Bertz CT molecular complexity index is 393. The molecule has 0 heterocycles. The zero-order chi connectivity index (χ0) is 14.8. The molecule has 0 aliphatic rings. The lowest BCUT2D eigenvalue weighted by Gasteiger charge is -2.20. The van der Waals surface area contributed by atoms with E-state index in [-0.39, 0.29) is 5.97 Å². The van der Waals surface area contributed by atoms with Crippen molar-refractivity contribution in [1.82, 2.24) is 4.90 Å². The number of carbonyl (C=O) groups is 1. The first-order valence-electron chi connectivity index (χ1n) is 6.90. The summed E-state index contributed by atoms with van der Waals surface area (Å²) in [6.45, 7) is 5.01. The molecule has 0 spiro atoms. The van der Waals surface area contributed by atoms with Crippen molar-refractivity contribution in [2.75, 3.05) is 33.4 Å². The van der Waals surface area contributed by atoms with Crippen molar-refractivity contribution < 1.29 is 14.3 Å². The molecule has 0 radical (unpaired) electrons. The van der Waals surface area contributed by atoms with E-state index in [0.717, 1.165) is 24.3 Å². The molecular weight excluding hydrogens is 256 g/mol. The van der Waals surface area contributed by atoms with E-state index in [9.17, 15) is 4.79 Å². The number of hydrogen-bond acceptors (Lipinski definition) is 5. The third-order valence-electron chi connectivity index (χ3n) is 2.96. The molecule has 0 aliphatic heterocycles. The maximum Gasteiger partial charge on any atom is 0.319 e. The molecule has 112 valence electrons. The molecule has 0 fully saturated rings. The highest BCUT2D eigenvalue weighted by Crippen LogP contribution is 2.11. The topological polar surface area (TPSA) is 64.8 Å². The minimum atomic E-state index is -0.217. The second-order valence-electron chi connectivity index (χ2n) is 4.55. The number of benzene rings is 1. The molecule has 5 heteroatoms. The van der Waals surface area contributed by atoms with Gasteiger partial charge in [-0.05, 0) is 30.7 Å². The molecule has 1 rings (SSSR count). The van der Waals surface area contributed by atoms with E-state index in [2.05, 4.69) is 11.7 Å². The summed E-state index contributed by atoms with van der Waals surface area (Å²) in [5.41, 5.74) is 6.62. The van der Waals surface area contributed by atoms with Crippen LogP contribution in [0.5, 0.6) is 5.75 Å². The van der Waals surface area contributed by atoms with Gasteiger partial charge in [0.05, 0.1) is 13.7 Å². The lowest BCUT2D eigenvalue weighted by Crippen LogP contribution is -2.34. The second kappa shape index (κ2) is 9.34. The first-order valence-corrected chi connectivity index (χ1v) is 6.90. The molecule has 0 saturated heterocycles. The molecule has 0 amide bonds. The standard InChI is InChI=1S/C15H24N2O3/c1-3-8-17(12-15(18)19-2)9-10-20-14-6-4-13(11-16)5-7-14/h4-7H,3,8-12,16H2,1-2H3. The van der Waals surface area contributed by atoms with Crippen LogP contribution in [0.3, 0.4) is 0 Å². The van der Waals surface area contributed by atoms with Gasteiger partial charge in [0.15, 0.2) is 0 Å². The molecule has 0 bridgehead atoms. The molecular formula is C15H24N2O3. The molecule has 20 heavy (non-hydrogen) atoms. The van der Waals surface area contributed by atoms with Crippen molar-refractivity contribution in [3.05, 3.63) is 29.8 Å². The van der Waals surface area contributed by atoms with Crippen LogP contribution in [0, 0.1) is 0 Å². The fourth-order valence-electron chi connectivity index (χ4n) is 1.85. The minimum absolute atomic E-state index is 0.217. The SMILES string of the molecule is CCCN(CCOc1ccc(CN)cc1)CC(=O)OC. The zero-order valence-corrected chi connectivity index (χ0v) is 12.3. The molecule has 5 nitrogen and oxygen atoms in total. The number of esters is 1. The average molecular weight is 280 g/mol. The number of carbonyl (C=O) groups excluding carboxylic acids is 1. The Morgan fingerprint density at radius 3 is 2.50 bits per heavy atom. The molecule has 2 N–H and O–H groups in total. The van der Waals surface area contributed by atoms with Crippen molar-refractivity contribution in [1.29, 1.82) is 0 Å². The molecule has 1 aromatic rings. The quantitative estimate of drug-likeness (QED) is 0.693. The van der Waals surface area contributed by atoms with Crippen LogP contribution in [-0.4, -0.2) is 44.2 Å².